The molecule has 1 saturated carbocycles. The fraction of sp³-hybridized carbons (Fsp3) is 0.550. The average Bonchev–Trinajstić information content (AvgIpc) is 3.45. The number of hydrogen-bond donors (Lipinski definition) is 1. The van der Waals surface area contributed by atoms with Gasteiger partial charge in [-0.25, -0.2) is 0 Å². The largest absolute Gasteiger partial charge is 0.349 e. The van der Waals surface area contributed by atoms with Gasteiger partial charge >= 0.3 is 0 Å². The summed E-state index contributed by atoms with van der Waals surface area (Å²) < 4.78 is 7.24. The Kier molecular flexibility index (Phi) is 5.64. The van der Waals surface area contributed by atoms with Crippen LogP contribution in [0, 0.1) is 5.92 Å². The molecule has 0 saturated heterocycles. The zero-order valence-electron chi connectivity index (χ0n) is 16.2. The van der Waals surface area contributed by atoms with Crippen molar-refractivity contribution in [1.82, 2.24) is 30.1 Å². The topological polar surface area (TPSA) is 98.2 Å². The van der Waals surface area contributed by atoms with E-state index in [4.69, 9.17) is 4.52 Å². The molecule has 0 radical (unpaired) electrons. The van der Waals surface area contributed by atoms with Gasteiger partial charge in [-0.05, 0) is 30.9 Å². The molecule has 3 heterocycles. The van der Waals surface area contributed by atoms with Crippen molar-refractivity contribution in [2.75, 3.05) is 0 Å². The number of nitrogens with one attached hydrogen (secondary N) is 1. The van der Waals surface area contributed by atoms with E-state index in [1.165, 1.54) is 25.7 Å². The Morgan fingerprint density at radius 3 is 3.00 bits per heavy atom. The van der Waals surface area contributed by atoms with Crippen molar-refractivity contribution in [2.45, 2.75) is 64.8 Å². The minimum atomic E-state index is 0.0703. The summed E-state index contributed by atoms with van der Waals surface area (Å²) in [6, 6.07) is 3.78. The van der Waals surface area contributed by atoms with Crippen molar-refractivity contribution in [1.29, 1.82) is 0 Å². The van der Waals surface area contributed by atoms with Gasteiger partial charge in [0, 0.05) is 19.0 Å². The first-order chi connectivity index (χ1) is 13.7. The molecule has 0 aromatic carbocycles. The molecule has 4 rings (SSSR count). The summed E-state index contributed by atoms with van der Waals surface area (Å²) in [4.78, 5) is 16.6. The minimum Gasteiger partial charge on any atom is -0.349 e. The lowest BCUT2D eigenvalue weighted by Crippen LogP contribution is -2.24. The summed E-state index contributed by atoms with van der Waals surface area (Å²) in [5.41, 5.74) is 1.38. The number of nitrogens with zero attached hydrogens (tertiary/aromatic N) is 5. The first kappa shape index (κ1) is 18.6. The molecule has 0 spiro atoms. The number of aromatic nitrogens is 5. The fourth-order valence-corrected chi connectivity index (χ4v) is 3.84. The Bertz CT molecular complexity index is 941. The highest BCUT2D eigenvalue weighted by atomic mass is 16.5. The van der Waals surface area contributed by atoms with Gasteiger partial charge in [-0.15, -0.1) is 10.2 Å². The van der Waals surface area contributed by atoms with Gasteiger partial charge in [0.25, 0.3) is 5.89 Å². The third-order valence-corrected chi connectivity index (χ3v) is 5.38. The number of rotatable bonds is 8. The normalized spacial score (nSPS) is 14.8. The van der Waals surface area contributed by atoms with Gasteiger partial charge in [-0.1, -0.05) is 37.8 Å². The van der Waals surface area contributed by atoms with Crippen molar-refractivity contribution in [3.8, 4) is 11.5 Å². The van der Waals surface area contributed by atoms with Crippen molar-refractivity contribution < 1.29 is 9.32 Å². The third-order valence-electron chi connectivity index (χ3n) is 5.38. The van der Waals surface area contributed by atoms with Crippen LogP contribution in [0.1, 0.15) is 63.5 Å². The predicted octanol–water partition coefficient (Wildman–Crippen LogP) is 3.32. The molecule has 0 unspecified atom stereocenters. The number of carbonyl (C=O) groups is 1. The fourth-order valence-electron chi connectivity index (χ4n) is 3.84. The Labute approximate surface area is 163 Å². The molecule has 8 nitrogen and oxygen atoms in total. The predicted molar refractivity (Wildman–Crippen MR) is 103 cm³/mol. The Balaban J connectivity index is 1.43. The summed E-state index contributed by atoms with van der Waals surface area (Å²) in [6.07, 6.45) is 10.3. The molecule has 3 aromatic rings. The molecule has 28 heavy (non-hydrogen) atoms. The molecule has 0 bridgehead atoms. The number of aryl methyl sites for hydroxylation is 1. The maximum atomic E-state index is 12.2. The van der Waals surface area contributed by atoms with E-state index in [-0.39, 0.29) is 5.91 Å². The van der Waals surface area contributed by atoms with Crippen molar-refractivity contribution in [3.05, 3.63) is 30.0 Å². The summed E-state index contributed by atoms with van der Waals surface area (Å²) in [6.45, 7) is 2.42. The molecule has 1 aliphatic carbocycles. The van der Waals surface area contributed by atoms with Crippen LogP contribution in [0.25, 0.3) is 17.1 Å². The van der Waals surface area contributed by atoms with E-state index >= 15 is 0 Å². The van der Waals surface area contributed by atoms with Crippen LogP contribution in [0.3, 0.4) is 0 Å². The molecule has 1 fully saturated rings. The monoisotopic (exact) mass is 382 g/mol. The molecule has 3 aromatic heterocycles. The van der Waals surface area contributed by atoms with Gasteiger partial charge in [0.1, 0.15) is 0 Å². The molecule has 1 amide bonds. The Hall–Kier alpha value is -2.77. The van der Waals surface area contributed by atoms with Gasteiger partial charge in [0.2, 0.25) is 5.91 Å². The zero-order chi connectivity index (χ0) is 19.3. The van der Waals surface area contributed by atoms with E-state index in [1.807, 2.05) is 22.7 Å². The number of pyridine rings is 1. The average molecular weight is 382 g/mol. The summed E-state index contributed by atoms with van der Waals surface area (Å²) in [7, 11) is 0. The summed E-state index contributed by atoms with van der Waals surface area (Å²) >= 11 is 0. The van der Waals surface area contributed by atoms with Crippen LogP contribution in [0.2, 0.25) is 0 Å². The summed E-state index contributed by atoms with van der Waals surface area (Å²) in [5.74, 6) is 2.59. The van der Waals surface area contributed by atoms with E-state index < -0.39 is 0 Å². The maximum Gasteiger partial charge on any atom is 0.261 e. The van der Waals surface area contributed by atoms with Gasteiger partial charge in [0.15, 0.2) is 17.3 Å². The molecular formula is C20H26N6O2. The van der Waals surface area contributed by atoms with Crippen LogP contribution >= 0.6 is 0 Å². The number of fused-ring (bicyclic) bond motifs is 1. The highest BCUT2D eigenvalue weighted by molar-refractivity contribution is 5.76. The lowest BCUT2D eigenvalue weighted by molar-refractivity contribution is -0.121. The van der Waals surface area contributed by atoms with Crippen LogP contribution in [-0.4, -0.2) is 30.6 Å². The standard InChI is InChI=1S/C20H26N6O2/c1-2-6-16-22-20(28-25-16)15-9-5-12-26-17(23-24-19(15)26)13-21-18(27)11-10-14-7-3-4-8-14/h5,9,12,14H,2-4,6-8,10-11,13H2,1H3,(H,21,27). The van der Waals surface area contributed by atoms with E-state index in [9.17, 15) is 4.79 Å². The second kappa shape index (κ2) is 8.50. The zero-order valence-corrected chi connectivity index (χ0v) is 16.2. The van der Waals surface area contributed by atoms with Crippen LogP contribution in [-0.2, 0) is 17.8 Å². The second-order valence-corrected chi connectivity index (χ2v) is 7.46. The van der Waals surface area contributed by atoms with E-state index in [0.717, 1.165) is 24.8 Å². The lowest BCUT2D eigenvalue weighted by Gasteiger charge is -2.08. The smallest absolute Gasteiger partial charge is 0.261 e. The minimum absolute atomic E-state index is 0.0703. The van der Waals surface area contributed by atoms with Gasteiger partial charge in [-0.3, -0.25) is 9.20 Å². The van der Waals surface area contributed by atoms with Crippen LogP contribution in [0.4, 0.5) is 0 Å². The number of carbonyl (C=O) groups excluding carboxylic acids is 1. The van der Waals surface area contributed by atoms with Crippen molar-refractivity contribution in [2.24, 2.45) is 5.92 Å². The van der Waals surface area contributed by atoms with Gasteiger partial charge < -0.3 is 9.84 Å². The molecule has 0 atom stereocenters. The first-order valence-electron chi connectivity index (χ1n) is 10.2. The van der Waals surface area contributed by atoms with E-state index in [2.05, 4.69) is 32.6 Å². The molecule has 0 aliphatic heterocycles. The first-order valence-corrected chi connectivity index (χ1v) is 10.2. The highest BCUT2D eigenvalue weighted by Gasteiger charge is 2.18. The maximum absolute atomic E-state index is 12.2. The number of hydrogen-bond acceptors (Lipinski definition) is 6. The van der Waals surface area contributed by atoms with Crippen molar-refractivity contribution >= 4 is 11.6 Å². The Morgan fingerprint density at radius 2 is 2.18 bits per heavy atom. The van der Waals surface area contributed by atoms with Gasteiger partial charge in [-0.2, -0.15) is 4.98 Å². The quantitative estimate of drug-likeness (QED) is 0.642. The molecule has 8 heteroatoms. The molecule has 1 aliphatic rings. The molecule has 1 N–H and O–H groups in total. The SMILES string of the molecule is CCCc1noc(-c2cccn3c(CNC(=O)CCC4CCCC4)nnc23)n1. The van der Waals surface area contributed by atoms with Gasteiger partial charge in [0.05, 0.1) is 12.1 Å². The highest BCUT2D eigenvalue weighted by Crippen LogP contribution is 2.28. The lowest BCUT2D eigenvalue weighted by atomic mass is 10.0. The molecular weight excluding hydrogens is 356 g/mol. The van der Waals surface area contributed by atoms with E-state index in [1.54, 1.807) is 0 Å². The Morgan fingerprint density at radius 1 is 1.32 bits per heavy atom. The van der Waals surface area contributed by atoms with E-state index in [0.29, 0.717) is 42.1 Å². The van der Waals surface area contributed by atoms with Crippen LogP contribution in [0.15, 0.2) is 22.9 Å². The van der Waals surface area contributed by atoms with Crippen LogP contribution in [0.5, 0.6) is 0 Å². The van der Waals surface area contributed by atoms with Crippen LogP contribution < -0.4 is 5.32 Å². The second-order valence-electron chi connectivity index (χ2n) is 7.46. The summed E-state index contributed by atoms with van der Waals surface area (Å²) in [5, 5.41) is 15.5. The molecule has 148 valence electrons. The third kappa shape index (κ3) is 4.05. The number of amides is 1. The van der Waals surface area contributed by atoms with Crippen molar-refractivity contribution in [3.63, 3.8) is 0 Å².